The number of halogens is 2. The molecule has 234 valence electrons. The van der Waals surface area contributed by atoms with Gasteiger partial charge in [-0.1, -0.05) is 46.6 Å². The Morgan fingerprint density at radius 1 is 1.09 bits per heavy atom. The van der Waals surface area contributed by atoms with E-state index in [2.05, 4.69) is 37.3 Å². The first-order chi connectivity index (χ1) is 22.2. The number of carbonyl (C=O) groups excluding carboxylic acids is 1. The van der Waals surface area contributed by atoms with Crippen LogP contribution in [0, 0.1) is 18.3 Å². The Morgan fingerprint density at radius 3 is 2.61 bits per heavy atom. The normalized spacial score (nSPS) is 14.1. The highest BCUT2D eigenvalue weighted by molar-refractivity contribution is 6.36. The van der Waals surface area contributed by atoms with Crippen LogP contribution >= 0.6 is 23.2 Å². The van der Waals surface area contributed by atoms with Gasteiger partial charge in [-0.05, 0) is 80.4 Å². The lowest BCUT2D eigenvalue weighted by Crippen LogP contribution is -2.29. The molecule has 1 saturated heterocycles. The first-order valence-corrected chi connectivity index (χ1v) is 15.7. The Labute approximate surface area is 277 Å². The van der Waals surface area contributed by atoms with Crippen LogP contribution in [0.25, 0.3) is 10.9 Å². The third-order valence-electron chi connectivity index (χ3n) is 8.18. The quantitative estimate of drug-likeness (QED) is 0.165. The van der Waals surface area contributed by atoms with Gasteiger partial charge in [-0.25, -0.2) is 4.68 Å². The first kappa shape index (κ1) is 31.3. The van der Waals surface area contributed by atoms with Crippen molar-refractivity contribution in [3.8, 4) is 6.07 Å². The molecule has 0 unspecified atom stereocenters. The van der Waals surface area contributed by atoms with E-state index in [1.165, 1.54) is 6.20 Å². The van der Waals surface area contributed by atoms with Crippen LogP contribution in [0.4, 0.5) is 17.1 Å². The molecule has 1 atom stereocenters. The lowest BCUT2D eigenvalue weighted by atomic mass is 10.00. The number of piperidine rings is 1. The summed E-state index contributed by atoms with van der Waals surface area (Å²) in [6.45, 7) is 3.78. The van der Waals surface area contributed by atoms with E-state index in [0.717, 1.165) is 42.7 Å². The zero-order chi connectivity index (χ0) is 32.4. The molecule has 1 aliphatic heterocycles. The Kier molecular flexibility index (Phi) is 9.08. The molecule has 0 aliphatic carbocycles. The lowest BCUT2D eigenvalue weighted by molar-refractivity contribution is 0.0827. The zero-order valence-corrected chi connectivity index (χ0v) is 27.2. The summed E-state index contributed by atoms with van der Waals surface area (Å²) >= 11 is 13.2. The molecular formula is C34H33Cl2N9O. The van der Waals surface area contributed by atoms with E-state index in [0.29, 0.717) is 49.1 Å². The molecule has 6 rings (SSSR count). The van der Waals surface area contributed by atoms with Crippen molar-refractivity contribution < 1.29 is 4.79 Å². The van der Waals surface area contributed by atoms with Crippen LogP contribution in [0.2, 0.25) is 10.0 Å². The number of carbonyl (C=O) groups is 1. The second-order valence-corrected chi connectivity index (χ2v) is 12.4. The molecule has 2 aromatic heterocycles. The number of fused-ring (bicyclic) bond motifs is 1. The van der Waals surface area contributed by atoms with Crippen molar-refractivity contribution in [2.24, 2.45) is 0 Å². The fourth-order valence-corrected chi connectivity index (χ4v) is 6.10. The topological polar surface area (TPSA) is 124 Å². The molecule has 0 radical (unpaired) electrons. The van der Waals surface area contributed by atoms with Crippen molar-refractivity contribution in [3.63, 3.8) is 0 Å². The molecule has 10 nitrogen and oxygen atoms in total. The van der Waals surface area contributed by atoms with Crippen LogP contribution in [0.15, 0.2) is 67.0 Å². The predicted molar refractivity (Wildman–Crippen MR) is 182 cm³/mol. The van der Waals surface area contributed by atoms with Gasteiger partial charge in [0.25, 0.3) is 5.91 Å². The minimum absolute atomic E-state index is 0.102. The van der Waals surface area contributed by atoms with Gasteiger partial charge >= 0.3 is 0 Å². The second kappa shape index (κ2) is 13.3. The Balaban J connectivity index is 1.44. The van der Waals surface area contributed by atoms with Gasteiger partial charge in [-0.2, -0.15) is 5.26 Å². The predicted octanol–water partition coefficient (Wildman–Crippen LogP) is 6.88. The Morgan fingerprint density at radius 2 is 1.87 bits per heavy atom. The monoisotopic (exact) mass is 653 g/mol. The number of benzene rings is 3. The minimum atomic E-state index is -0.474. The second-order valence-electron chi connectivity index (χ2n) is 11.6. The van der Waals surface area contributed by atoms with Gasteiger partial charge in [0.1, 0.15) is 11.8 Å². The molecule has 3 heterocycles. The van der Waals surface area contributed by atoms with Crippen molar-refractivity contribution in [1.29, 1.82) is 5.26 Å². The molecular weight excluding hydrogens is 621 g/mol. The molecule has 5 aromatic rings. The van der Waals surface area contributed by atoms with Gasteiger partial charge in [0.15, 0.2) is 0 Å². The van der Waals surface area contributed by atoms with Crippen molar-refractivity contribution in [3.05, 3.63) is 105 Å². The van der Waals surface area contributed by atoms with Crippen molar-refractivity contribution in [1.82, 2.24) is 30.2 Å². The average Bonchev–Trinajstić information content (AvgIpc) is 3.56. The highest BCUT2D eigenvalue weighted by Crippen LogP contribution is 2.37. The highest BCUT2D eigenvalue weighted by atomic mass is 35.5. The Bertz CT molecular complexity index is 1960. The van der Waals surface area contributed by atoms with Gasteiger partial charge < -0.3 is 20.9 Å². The molecule has 46 heavy (non-hydrogen) atoms. The van der Waals surface area contributed by atoms with Crippen LogP contribution in [0.3, 0.4) is 0 Å². The largest absolute Gasteiger partial charge is 0.373 e. The van der Waals surface area contributed by atoms with Gasteiger partial charge in [0.05, 0.1) is 40.1 Å². The molecule has 0 spiro atoms. The summed E-state index contributed by atoms with van der Waals surface area (Å²) in [5, 5.41) is 31.1. The summed E-state index contributed by atoms with van der Waals surface area (Å²) in [5.41, 5.74) is 5.88. The standard InChI is InChI=1S/C34H33Cl2N9O/c1-20-7-8-24(15-28(20)35)40-31-23(17-37)18-39-33-27(31)14-25(16-29(33)36)41-32(21-5-4-6-22(13-21)34(46)44(2)3)30-19-45(43-42-30)26-9-11-38-12-10-26/h4-8,13-16,18-19,26,32,38,41H,9-12H2,1-3H3,(H,39,40)/t32-/m0/s1. The van der Waals surface area contributed by atoms with E-state index >= 15 is 0 Å². The number of hydrogen-bond acceptors (Lipinski definition) is 8. The lowest BCUT2D eigenvalue weighted by Gasteiger charge is -2.23. The van der Waals surface area contributed by atoms with Crippen molar-refractivity contribution >= 4 is 57.1 Å². The SMILES string of the molecule is Cc1ccc(Nc2c(C#N)cnc3c(Cl)cc(N[C@@H](c4cccc(C(=O)N(C)C)c4)c4cn(C5CCNCC5)nn4)cc23)cc1Cl. The molecule has 1 aliphatic rings. The number of nitriles is 1. The van der Waals surface area contributed by atoms with Crippen LogP contribution in [-0.2, 0) is 0 Å². The molecule has 0 bridgehead atoms. The molecule has 3 aromatic carbocycles. The van der Waals surface area contributed by atoms with Gasteiger partial charge in [0, 0.05) is 47.6 Å². The van der Waals surface area contributed by atoms with E-state index < -0.39 is 6.04 Å². The fourth-order valence-electron chi connectivity index (χ4n) is 5.65. The number of pyridine rings is 1. The van der Waals surface area contributed by atoms with Crippen LogP contribution in [0.5, 0.6) is 0 Å². The summed E-state index contributed by atoms with van der Waals surface area (Å²) in [4.78, 5) is 19.0. The van der Waals surface area contributed by atoms with E-state index in [1.54, 1.807) is 31.1 Å². The number of hydrogen-bond donors (Lipinski definition) is 3. The van der Waals surface area contributed by atoms with Crippen LogP contribution in [-0.4, -0.2) is 58.0 Å². The maximum absolute atomic E-state index is 12.9. The molecule has 1 amide bonds. The summed E-state index contributed by atoms with van der Waals surface area (Å²) in [6.07, 6.45) is 5.41. The molecule has 3 N–H and O–H groups in total. The minimum Gasteiger partial charge on any atom is -0.373 e. The summed E-state index contributed by atoms with van der Waals surface area (Å²) in [6, 6.07) is 18.9. The Hall–Kier alpha value is -4.69. The summed E-state index contributed by atoms with van der Waals surface area (Å²) in [5.74, 6) is -0.102. The highest BCUT2D eigenvalue weighted by Gasteiger charge is 2.24. The number of amides is 1. The fraction of sp³-hybridized carbons (Fsp3) is 0.265. The average molecular weight is 655 g/mol. The maximum atomic E-state index is 12.9. The first-order valence-electron chi connectivity index (χ1n) is 15.0. The van der Waals surface area contributed by atoms with Crippen molar-refractivity contribution in [2.75, 3.05) is 37.8 Å². The number of aryl methyl sites for hydroxylation is 1. The number of aromatic nitrogens is 4. The number of rotatable bonds is 8. The van der Waals surface area contributed by atoms with E-state index in [4.69, 9.17) is 23.2 Å². The number of nitrogens with zero attached hydrogens (tertiary/aromatic N) is 6. The van der Waals surface area contributed by atoms with Gasteiger partial charge in [0.2, 0.25) is 0 Å². The summed E-state index contributed by atoms with van der Waals surface area (Å²) < 4.78 is 1.94. The smallest absolute Gasteiger partial charge is 0.253 e. The van der Waals surface area contributed by atoms with Crippen molar-refractivity contribution in [2.45, 2.75) is 31.8 Å². The van der Waals surface area contributed by atoms with Crippen LogP contribution in [0.1, 0.15) is 57.7 Å². The molecule has 1 fully saturated rings. The van der Waals surface area contributed by atoms with Gasteiger partial charge in [-0.15, -0.1) is 5.10 Å². The van der Waals surface area contributed by atoms with E-state index in [1.807, 2.05) is 60.3 Å². The number of anilines is 3. The van der Waals surface area contributed by atoms with E-state index in [-0.39, 0.29) is 11.9 Å². The molecule has 0 saturated carbocycles. The third kappa shape index (κ3) is 6.49. The maximum Gasteiger partial charge on any atom is 0.253 e. The van der Waals surface area contributed by atoms with E-state index in [9.17, 15) is 10.1 Å². The third-order valence-corrected chi connectivity index (χ3v) is 8.87. The number of nitrogens with one attached hydrogen (secondary N) is 3. The zero-order valence-electron chi connectivity index (χ0n) is 25.7. The molecule has 12 heteroatoms. The summed E-state index contributed by atoms with van der Waals surface area (Å²) in [7, 11) is 3.46. The van der Waals surface area contributed by atoms with Gasteiger partial charge in [-0.3, -0.25) is 9.78 Å². The van der Waals surface area contributed by atoms with Crippen LogP contribution < -0.4 is 16.0 Å².